The van der Waals surface area contributed by atoms with Crippen LogP contribution in [0.4, 0.5) is 5.69 Å². The zero-order chi connectivity index (χ0) is 20.6. The first-order valence-electron chi connectivity index (χ1n) is 9.86. The molecule has 1 aliphatic rings. The molecule has 2 aromatic rings. The number of carbonyl (C=O) groups excluding carboxylic acids is 1. The minimum absolute atomic E-state index is 0. The Hall–Kier alpha value is -2.54. The summed E-state index contributed by atoms with van der Waals surface area (Å²) in [6.07, 6.45) is 4.19. The molecule has 1 aliphatic heterocycles. The van der Waals surface area contributed by atoms with Crippen LogP contribution in [-0.2, 0) is 0 Å². The fourth-order valence-corrected chi connectivity index (χ4v) is 3.42. The van der Waals surface area contributed by atoms with Gasteiger partial charge in [-0.05, 0) is 55.3 Å². The highest BCUT2D eigenvalue weighted by Crippen LogP contribution is 2.28. The zero-order valence-corrected chi connectivity index (χ0v) is 19.4. The SMILES string of the molecule is Br.COc1ccc(N(CC(=O)c2ccc(OC)c(OC)c2)C2=NCCCCC2)cc1. The van der Waals surface area contributed by atoms with E-state index in [9.17, 15) is 4.79 Å². The van der Waals surface area contributed by atoms with Gasteiger partial charge in [0.1, 0.15) is 11.6 Å². The maximum Gasteiger partial charge on any atom is 0.182 e. The number of anilines is 1. The summed E-state index contributed by atoms with van der Waals surface area (Å²) in [5, 5.41) is 0. The summed E-state index contributed by atoms with van der Waals surface area (Å²) in [5.41, 5.74) is 1.51. The lowest BCUT2D eigenvalue weighted by Crippen LogP contribution is -2.36. The molecular formula is C23H29BrN2O4. The van der Waals surface area contributed by atoms with E-state index in [1.807, 2.05) is 29.2 Å². The summed E-state index contributed by atoms with van der Waals surface area (Å²) in [5.74, 6) is 2.88. The monoisotopic (exact) mass is 476 g/mol. The Balaban J connectivity index is 0.00000320. The minimum atomic E-state index is -0.00582. The fourth-order valence-electron chi connectivity index (χ4n) is 3.42. The van der Waals surface area contributed by atoms with Gasteiger partial charge >= 0.3 is 0 Å². The highest BCUT2D eigenvalue weighted by molar-refractivity contribution is 8.93. The highest BCUT2D eigenvalue weighted by atomic mass is 79.9. The van der Waals surface area contributed by atoms with Gasteiger partial charge in [-0.25, -0.2) is 0 Å². The second-order valence-corrected chi connectivity index (χ2v) is 6.89. The molecule has 7 heteroatoms. The average molecular weight is 477 g/mol. The van der Waals surface area contributed by atoms with E-state index >= 15 is 0 Å². The smallest absolute Gasteiger partial charge is 0.182 e. The van der Waals surface area contributed by atoms with Crippen molar-refractivity contribution in [3.05, 3.63) is 48.0 Å². The van der Waals surface area contributed by atoms with E-state index in [-0.39, 0.29) is 29.3 Å². The van der Waals surface area contributed by atoms with E-state index in [0.29, 0.717) is 17.1 Å². The maximum atomic E-state index is 13.1. The molecule has 0 fully saturated rings. The molecule has 0 amide bonds. The Kier molecular flexibility index (Phi) is 9.17. The second kappa shape index (κ2) is 11.6. The first-order chi connectivity index (χ1) is 14.2. The molecule has 0 unspecified atom stereocenters. The van der Waals surface area contributed by atoms with Crippen LogP contribution >= 0.6 is 17.0 Å². The van der Waals surface area contributed by atoms with Crippen molar-refractivity contribution in [1.29, 1.82) is 0 Å². The van der Waals surface area contributed by atoms with Gasteiger partial charge in [-0.2, -0.15) is 0 Å². The molecule has 0 spiro atoms. The number of amidine groups is 1. The largest absolute Gasteiger partial charge is 0.497 e. The Morgan fingerprint density at radius 1 is 0.933 bits per heavy atom. The summed E-state index contributed by atoms with van der Waals surface area (Å²) in [6.45, 7) is 1.01. The molecular weight excluding hydrogens is 448 g/mol. The van der Waals surface area contributed by atoms with Gasteiger partial charge in [0.2, 0.25) is 0 Å². The second-order valence-electron chi connectivity index (χ2n) is 6.89. The van der Waals surface area contributed by atoms with Crippen molar-refractivity contribution in [3.8, 4) is 17.2 Å². The lowest BCUT2D eigenvalue weighted by atomic mass is 10.1. The maximum absolute atomic E-state index is 13.1. The molecule has 0 bridgehead atoms. The van der Waals surface area contributed by atoms with Gasteiger partial charge in [0.15, 0.2) is 17.3 Å². The van der Waals surface area contributed by atoms with Crippen LogP contribution in [0.1, 0.15) is 36.0 Å². The molecule has 0 saturated heterocycles. The van der Waals surface area contributed by atoms with Crippen molar-refractivity contribution in [3.63, 3.8) is 0 Å². The molecule has 0 aromatic heterocycles. The van der Waals surface area contributed by atoms with Crippen molar-refractivity contribution in [2.24, 2.45) is 4.99 Å². The number of halogens is 1. The molecule has 6 nitrogen and oxygen atoms in total. The molecule has 3 rings (SSSR count). The molecule has 0 N–H and O–H groups in total. The number of hydrogen-bond donors (Lipinski definition) is 0. The number of methoxy groups -OCH3 is 3. The number of hydrogen-bond acceptors (Lipinski definition) is 6. The molecule has 0 atom stereocenters. The number of carbonyl (C=O) groups is 1. The van der Waals surface area contributed by atoms with Crippen LogP contribution < -0.4 is 19.1 Å². The van der Waals surface area contributed by atoms with E-state index in [1.54, 1.807) is 39.5 Å². The third-order valence-electron chi connectivity index (χ3n) is 5.06. The Labute approximate surface area is 188 Å². The summed E-state index contributed by atoms with van der Waals surface area (Å²) < 4.78 is 15.9. The number of aliphatic imine (C=N–C) groups is 1. The summed E-state index contributed by atoms with van der Waals surface area (Å²) in [7, 11) is 4.79. The van der Waals surface area contributed by atoms with Crippen molar-refractivity contribution in [2.75, 3.05) is 39.3 Å². The van der Waals surface area contributed by atoms with Gasteiger partial charge < -0.3 is 19.1 Å². The predicted molar refractivity (Wildman–Crippen MR) is 125 cm³/mol. The molecule has 1 heterocycles. The molecule has 0 aliphatic carbocycles. The molecule has 2 aromatic carbocycles. The normalized spacial score (nSPS) is 13.4. The highest BCUT2D eigenvalue weighted by Gasteiger charge is 2.20. The molecule has 0 radical (unpaired) electrons. The van der Waals surface area contributed by atoms with Gasteiger partial charge in [-0.15, -0.1) is 17.0 Å². The summed E-state index contributed by atoms with van der Waals surface area (Å²) >= 11 is 0. The van der Waals surface area contributed by atoms with Crippen molar-refractivity contribution in [2.45, 2.75) is 25.7 Å². The van der Waals surface area contributed by atoms with Crippen LogP contribution in [0.15, 0.2) is 47.5 Å². The number of Topliss-reactive ketones (excluding diaryl/α,β-unsaturated/α-hetero) is 1. The minimum Gasteiger partial charge on any atom is -0.497 e. The van der Waals surface area contributed by atoms with E-state index in [4.69, 9.17) is 19.2 Å². The Morgan fingerprint density at radius 2 is 1.67 bits per heavy atom. The number of benzene rings is 2. The standard InChI is InChI=1S/C23H28N2O4.BrH/c1-27-19-11-9-18(10-12-19)25(23-7-5-4-6-14-24-23)16-20(26)17-8-13-21(28-2)22(15-17)29-3;/h8-13,15H,4-7,14,16H2,1-3H3;1H. The fraction of sp³-hybridized carbons (Fsp3) is 0.391. The van der Waals surface area contributed by atoms with E-state index in [0.717, 1.165) is 49.5 Å². The van der Waals surface area contributed by atoms with Gasteiger partial charge in [0.25, 0.3) is 0 Å². The topological polar surface area (TPSA) is 60.4 Å². The third kappa shape index (κ3) is 5.75. The Morgan fingerprint density at radius 3 is 2.33 bits per heavy atom. The van der Waals surface area contributed by atoms with Crippen LogP contribution in [0.2, 0.25) is 0 Å². The van der Waals surface area contributed by atoms with Gasteiger partial charge in [0.05, 0.1) is 27.9 Å². The number of nitrogens with zero attached hydrogens (tertiary/aromatic N) is 2. The van der Waals surface area contributed by atoms with Crippen LogP contribution in [0, 0.1) is 0 Å². The van der Waals surface area contributed by atoms with Gasteiger partial charge in [0, 0.05) is 24.2 Å². The first-order valence-corrected chi connectivity index (χ1v) is 9.86. The van der Waals surface area contributed by atoms with Crippen LogP contribution in [0.3, 0.4) is 0 Å². The lowest BCUT2D eigenvalue weighted by Gasteiger charge is -2.26. The summed E-state index contributed by atoms with van der Waals surface area (Å²) in [4.78, 5) is 19.9. The van der Waals surface area contributed by atoms with Crippen LogP contribution in [0.25, 0.3) is 0 Å². The van der Waals surface area contributed by atoms with Gasteiger partial charge in [-0.3, -0.25) is 9.79 Å². The zero-order valence-electron chi connectivity index (χ0n) is 17.7. The van der Waals surface area contributed by atoms with E-state index in [1.165, 1.54) is 0 Å². The molecule has 0 saturated carbocycles. The number of ether oxygens (including phenoxy) is 3. The number of ketones is 1. The Bertz CT molecular complexity index is 868. The van der Waals surface area contributed by atoms with Crippen LogP contribution in [-0.4, -0.2) is 46.0 Å². The summed E-state index contributed by atoms with van der Waals surface area (Å²) in [6, 6.07) is 13.0. The van der Waals surface area contributed by atoms with Crippen molar-refractivity contribution in [1.82, 2.24) is 0 Å². The van der Waals surface area contributed by atoms with Crippen molar-refractivity contribution < 1.29 is 19.0 Å². The van der Waals surface area contributed by atoms with E-state index in [2.05, 4.69) is 0 Å². The van der Waals surface area contributed by atoms with Crippen LogP contribution in [0.5, 0.6) is 17.2 Å². The molecule has 30 heavy (non-hydrogen) atoms. The quantitative estimate of drug-likeness (QED) is 0.528. The number of rotatable bonds is 7. The van der Waals surface area contributed by atoms with Gasteiger partial charge in [-0.1, -0.05) is 6.42 Å². The third-order valence-corrected chi connectivity index (χ3v) is 5.06. The van der Waals surface area contributed by atoms with E-state index < -0.39 is 0 Å². The predicted octanol–water partition coefficient (Wildman–Crippen LogP) is 4.95. The lowest BCUT2D eigenvalue weighted by molar-refractivity contribution is 0.100. The first kappa shape index (κ1) is 23.7. The average Bonchev–Trinajstić information content (AvgIpc) is 3.06. The molecule has 162 valence electrons. The van der Waals surface area contributed by atoms with Crippen molar-refractivity contribution >= 4 is 34.3 Å².